The van der Waals surface area contributed by atoms with Crippen LogP contribution in [-0.2, 0) is 9.53 Å². The van der Waals surface area contributed by atoms with Gasteiger partial charge in [-0.2, -0.15) is 0 Å². The third-order valence-electron chi connectivity index (χ3n) is 8.51. The molecule has 0 unspecified atom stereocenters. The van der Waals surface area contributed by atoms with Crippen molar-refractivity contribution in [3.05, 3.63) is 47.4 Å². The molecule has 6 atom stereocenters. The monoisotopic (exact) mass is 466 g/mol. The van der Waals surface area contributed by atoms with Gasteiger partial charge >= 0.3 is 5.97 Å². The maximum atomic E-state index is 11.7. The largest absolute Gasteiger partial charge is 0.457 e. The predicted octanol–water partition coefficient (Wildman–Crippen LogP) is 4.43. The number of benzene rings is 1. The molecule has 4 rings (SSSR count). The molecule has 0 aromatic heterocycles. The lowest BCUT2D eigenvalue weighted by molar-refractivity contribution is -0.148. The first kappa shape index (κ1) is 25.2. The van der Waals surface area contributed by atoms with Crippen molar-refractivity contribution >= 4 is 11.7 Å². The van der Waals surface area contributed by atoms with Crippen LogP contribution in [0, 0.1) is 43.9 Å². The van der Waals surface area contributed by atoms with Crippen LogP contribution in [0.25, 0.3) is 0 Å². The van der Waals surface area contributed by atoms with E-state index in [1.807, 2.05) is 6.92 Å². The first-order chi connectivity index (χ1) is 16.1. The summed E-state index contributed by atoms with van der Waals surface area (Å²) in [6, 6.07) is 6.73. The SMILES string of the molecule is CC(=O)O[C@@H]1[C][C@@]2(O)[C@H](C)CC[C@@H]([C@H](C)CN3CCN(c4cc(C)ccc4C)CC3)[C@H]2C=C1C. The Labute approximate surface area is 206 Å². The van der Waals surface area contributed by atoms with Crippen molar-refractivity contribution in [3.8, 4) is 0 Å². The lowest BCUT2D eigenvalue weighted by atomic mass is 9.57. The minimum absolute atomic E-state index is 0.0225. The van der Waals surface area contributed by atoms with Crippen LogP contribution in [-0.4, -0.2) is 60.4 Å². The van der Waals surface area contributed by atoms with Crippen LogP contribution < -0.4 is 4.90 Å². The highest BCUT2D eigenvalue weighted by molar-refractivity contribution is 5.66. The fourth-order valence-electron chi connectivity index (χ4n) is 6.38. The predicted molar refractivity (Wildman–Crippen MR) is 137 cm³/mol. The van der Waals surface area contributed by atoms with Crippen molar-refractivity contribution in [2.75, 3.05) is 37.6 Å². The number of ether oxygens (including phenoxy) is 1. The van der Waals surface area contributed by atoms with Crippen LogP contribution in [0.1, 0.15) is 51.7 Å². The van der Waals surface area contributed by atoms with Gasteiger partial charge in [-0.25, -0.2) is 0 Å². The Balaban J connectivity index is 1.41. The van der Waals surface area contributed by atoms with Crippen molar-refractivity contribution in [3.63, 3.8) is 0 Å². The third kappa shape index (κ3) is 5.06. The van der Waals surface area contributed by atoms with Gasteiger partial charge in [0.05, 0.1) is 12.0 Å². The van der Waals surface area contributed by atoms with Crippen LogP contribution in [0.2, 0.25) is 0 Å². The molecule has 0 amide bonds. The summed E-state index contributed by atoms with van der Waals surface area (Å²) in [4.78, 5) is 16.7. The number of carbonyl (C=O) groups is 1. The number of hydrogen-bond acceptors (Lipinski definition) is 5. The summed E-state index contributed by atoms with van der Waals surface area (Å²) in [5.74, 6) is 0.644. The molecule has 34 heavy (non-hydrogen) atoms. The molecule has 186 valence electrons. The smallest absolute Gasteiger partial charge is 0.303 e. The summed E-state index contributed by atoms with van der Waals surface area (Å²) in [5.41, 5.74) is 3.98. The Hall–Kier alpha value is -1.85. The van der Waals surface area contributed by atoms with E-state index in [1.165, 1.54) is 23.7 Å². The Kier molecular flexibility index (Phi) is 7.44. The second kappa shape index (κ2) is 10.0. The minimum Gasteiger partial charge on any atom is -0.457 e. The number of aryl methyl sites for hydroxylation is 2. The highest BCUT2D eigenvalue weighted by Crippen LogP contribution is 2.50. The van der Waals surface area contributed by atoms with Crippen molar-refractivity contribution in [2.45, 2.75) is 66.1 Å². The summed E-state index contributed by atoms with van der Waals surface area (Å²) < 4.78 is 5.45. The van der Waals surface area contributed by atoms with E-state index < -0.39 is 11.7 Å². The average molecular weight is 467 g/mol. The molecule has 0 bridgehead atoms. The molecule has 1 aromatic rings. The summed E-state index contributed by atoms with van der Waals surface area (Å²) in [6.45, 7) is 17.5. The number of rotatable bonds is 5. The number of hydrogen-bond donors (Lipinski definition) is 1. The van der Waals surface area contributed by atoms with E-state index in [1.54, 1.807) is 0 Å². The van der Waals surface area contributed by atoms with Gasteiger partial charge in [0.2, 0.25) is 0 Å². The molecule has 1 N–H and O–H groups in total. The number of piperazine rings is 1. The second-order valence-corrected chi connectivity index (χ2v) is 11.1. The van der Waals surface area contributed by atoms with Crippen molar-refractivity contribution in [1.82, 2.24) is 4.90 Å². The summed E-state index contributed by atoms with van der Waals surface area (Å²) >= 11 is 0. The highest BCUT2D eigenvalue weighted by Gasteiger charge is 2.53. The molecule has 2 radical (unpaired) electrons. The van der Waals surface area contributed by atoms with E-state index in [4.69, 9.17) is 4.74 Å². The third-order valence-corrected chi connectivity index (χ3v) is 8.51. The summed E-state index contributed by atoms with van der Waals surface area (Å²) in [6.07, 6.45) is 7.02. The van der Waals surface area contributed by atoms with E-state index in [2.05, 4.69) is 68.2 Å². The standard InChI is InChI=1S/C29H42N2O3/c1-19-7-8-20(2)27(15-19)31-13-11-30(12-14-31)18-22(4)25-10-9-23(5)29(33)17-28(34-24(6)32)21(3)16-26(25)29/h7-8,15-16,22-23,25-26,28,33H,9-14,18H2,1-6H3/t22-,23-,25+,26-,28-,29-/m1/s1. The minimum atomic E-state index is -1.04. The van der Waals surface area contributed by atoms with Gasteiger partial charge in [-0.1, -0.05) is 32.1 Å². The molecule has 1 saturated heterocycles. The average Bonchev–Trinajstić information content (AvgIpc) is 2.78. The van der Waals surface area contributed by atoms with Crippen LogP contribution >= 0.6 is 0 Å². The summed E-state index contributed by atoms with van der Waals surface area (Å²) in [7, 11) is 0. The van der Waals surface area contributed by atoms with Gasteiger partial charge in [0.1, 0.15) is 6.10 Å². The maximum absolute atomic E-state index is 11.7. The van der Waals surface area contributed by atoms with E-state index in [-0.39, 0.29) is 17.8 Å². The lowest BCUT2D eigenvalue weighted by Crippen LogP contribution is -2.57. The quantitative estimate of drug-likeness (QED) is 0.514. The number of nitrogens with zero attached hydrogens (tertiary/aromatic N) is 2. The van der Waals surface area contributed by atoms with Gasteiger partial charge in [-0.3, -0.25) is 9.69 Å². The van der Waals surface area contributed by atoms with Crippen LogP contribution in [0.3, 0.4) is 0 Å². The van der Waals surface area contributed by atoms with Crippen molar-refractivity contribution < 1.29 is 14.6 Å². The number of aliphatic hydroxyl groups is 1. The molecule has 1 aliphatic heterocycles. The molecular formula is C29H42N2O3. The van der Waals surface area contributed by atoms with Gasteiger partial charge in [-0.05, 0) is 74.1 Å². The maximum Gasteiger partial charge on any atom is 0.303 e. The first-order valence-corrected chi connectivity index (χ1v) is 13.0. The zero-order valence-electron chi connectivity index (χ0n) is 21.8. The molecule has 3 aliphatic rings. The normalized spacial score (nSPS) is 33.1. The molecule has 2 fully saturated rings. The zero-order chi connectivity index (χ0) is 24.6. The van der Waals surface area contributed by atoms with Crippen molar-refractivity contribution in [2.24, 2.45) is 23.7 Å². The Morgan fingerprint density at radius 3 is 2.59 bits per heavy atom. The number of anilines is 1. The lowest BCUT2D eigenvalue weighted by Gasteiger charge is -2.53. The molecule has 2 aliphatic carbocycles. The molecule has 5 nitrogen and oxygen atoms in total. The Bertz CT molecular complexity index is 920. The number of esters is 1. The van der Waals surface area contributed by atoms with E-state index in [9.17, 15) is 9.90 Å². The van der Waals surface area contributed by atoms with E-state index in [0.717, 1.165) is 51.1 Å². The van der Waals surface area contributed by atoms with Crippen LogP contribution in [0.4, 0.5) is 5.69 Å². The summed E-state index contributed by atoms with van der Waals surface area (Å²) in [5, 5.41) is 11.7. The molecular weight excluding hydrogens is 424 g/mol. The van der Waals surface area contributed by atoms with Gasteiger partial charge in [0, 0.05) is 51.3 Å². The molecule has 1 aromatic carbocycles. The Morgan fingerprint density at radius 1 is 1.21 bits per heavy atom. The fraction of sp³-hybridized carbons (Fsp3) is 0.655. The highest BCUT2D eigenvalue weighted by atomic mass is 16.5. The molecule has 0 spiro atoms. The van der Waals surface area contributed by atoms with Gasteiger partial charge in [0.25, 0.3) is 0 Å². The first-order valence-electron chi connectivity index (χ1n) is 13.0. The number of carbonyl (C=O) groups excluding carboxylic acids is 1. The van der Waals surface area contributed by atoms with Crippen LogP contribution in [0.5, 0.6) is 0 Å². The van der Waals surface area contributed by atoms with Crippen molar-refractivity contribution in [1.29, 1.82) is 0 Å². The second-order valence-electron chi connectivity index (χ2n) is 11.1. The zero-order valence-corrected chi connectivity index (χ0v) is 21.8. The fourth-order valence-corrected chi connectivity index (χ4v) is 6.38. The molecule has 5 heteroatoms. The topological polar surface area (TPSA) is 53.0 Å². The Morgan fingerprint density at radius 2 is 1.91 bits per heavy atom. The van der Waals surface area contributed by atoms with E-state index in [0.29, 0.717) is 11.8 Å². The van der Waals surface area contributed by atoms with E-state index >= 15 is 0 Å². The van der Waals surface area contributed by atoms with Gasteiger partial charge in [-0.15, -0.1) is 0 Å². The molecule has 1 heterocycles. The van der Waals surface area contributed by atoms with Crippen LogP contribution in [0.15, 0.2) is 29.8 Å². The van der Waals surface area contributed by atoms with Gasteiger partial charge in [0.15, 0.2) is 0 Å². The molecule has 1 saturated carbocycles. The van der Waals surface area contributed by atoms with Gasteiger partial charge < -0.3 is 14.7 Å². The number of fused-ring (bicyclic) bond motifs is 1.